The van der Waals surface area contributed by atoms with Gasteiger partial charge in [0, 0.05) is 11.8 Å². The van der Waals surface area contributed by atoms with E-state index in [0.717, 1.165) is 16.7 Å². The van der Waals surface area contributed by atoms with Gasteiger partial charge in [0.15, 0.2) is 5.82 Å². The second kappa shape index (κ2) is 6.90. The minimum atomic E-state index is -0.634. The number of fused-ring (bicyclic) bond motifs is 1. The molecule has 2 heterocycles. The molecule has 3 rings (SSSR count). The van der Waals surface area contributed by atoms with Crippen molar-refractivity contribution in [2.75, 3.05) is 11.9 Å². The highest BCUT2D eigenvalue weighted by molar-refractivity contribution is 5.85. The Bertz CT molecular complexity index is 754. The average molecular weight is 309 g/mol. The standard InChI is InChI=1S/C17H15N3O3/c18-8-15-14-6-7-22-11-13(14)9-19-16(15)20-17(21)23-10-12-4-2-1-3-5-12/h1-5,9H,6-7,10-11H2,(H,19,20,21). The van der Waals surface area contributed by atoms with E-state index in [4.69, 9.17) is 9.47 Å². The number of carbonyl (C=O) groups excluding carboxylic acids is 1. The van der Waals surface area contributed by atoms with Gasteiger partial charge < -0.3 is 9.47 Å². The molecule has 2 aromatic rings. The average Bonchev–Trinajstić information content (AvgIpc) is 2.60. The number of anilines is 1. The van der Waals surface area contributed by atoms with Crippen molar-refractivity contribution in [3.8, 4) is 6.07 Å². The molecule has 0 saturated carbocycles. The molecule has 0 unspecified atom stereocenters. The Hall–Kier alpha value is -2.91. The number of aromatic nitrogens is 1. The van der Waals surface area contributed by atoms with Crippen LogP contribution in [0.5, 0.6) is 0 Å². The van der Waals surface area contributed by atoms with Crippen LogP contribution >= 0.6 is 0 Å². The van der Waals surface area contributed by atoms with Gasteiger partial charge in [-0.25, -0.2) is 9.78 Å². The normalized spacial score (nSPS) is 12.8. The lowest BCUT2D eigenvalue weighted by molar-refractivity contribution is 0.110. The largest absolute Gasteiger partial charge is 0.444 e. The molecule has 0 fully saturated rings. The van der Waals surface area contributed by atoms with E-state index in [1.807, 2.05) is 30.3 Å². The predicted octanol–water partition coefficient (Wildman–Crippen LogP) is 2.77. The molecule has 6 nitrogen and oxygen atoms in total. The monoisotopic (exact) mass is 309 g/mol. The fraction of sp³-hybridized carbons (Fsp3) is 0.235. The first-order valence-electron chi connectivity index (χ1n) is 7.24. The molecule has 1 aliphatic rings. The van der Waals surface area contributed by atoms with Gasteiger partial charge in [-0.3, -0.25) is 5.32 Å². The zero-order valence-corrected chi connectivity index (χ0v) is 12.4. The summed E-state index contributed by atoms with van der Waals surface area (Å²) < 4.78 is 10.5. The number of amides is 1. The fourth-order valence-electron chi connectivity index (χ4n) is 2.43. The lowest BCUT2D eigenvalue weighted by atomic mass is 10.00. The predicted molar refractivity (Wildman–Crippen MR) is 82.6 cm³/mol. The van der Waals surface area contributed by atoms with Gasteiger partial charge in [0.05, 0.1) is 18.8 Å². The molecule has 1 amide bonds. The molecule has 1 aromatic carbocycles. The first kappa shape index (κ1) is 15.0. The molecule has 0 radical (unpaired) electrons. The van der Waals surface area contributed by atoms with Crippen molar-refractivity contribution < 1.29 is 14.3 Å². The Kier molecular flexibility index (Phi) is 4.50. The first-order valence-corrected chi connectivity index (χ1v) is 7.24. The third-order valence-electron chi connectivity index (χ3n) is 3.57. The van der Waals surface area contributed by atoms with Gasteiger partial charge in [0.1, 0.15) is 12.7 Å². The summed E-state index contributed by atoms with van der Waals surface area (Å²) in [6, 6.07) is 11.5. The van der Waals surface area contributed by atoms with Gasteiger partial charge in [0.2, 0.25) is 0 Å². The number of ether oxygens (including phenoxy) is 2. The maximum absolute atomic E-state index is 11.9. The van der Waals surface area contributed by atoms with Gasteiger partial charge in [-0.2, -0.15) is 5.26 Å². The number of nitrogens with zero attached hydrogens (tertiary/aromatic N) is 2. The lowest BCUT2D eigenvalue weighted by Gasteiger charge is -2.18. The van der Waals surface area contributed by atoms with Gasteiger partial charge >= 0.3 is 6.09 Å². The van der Waals surface area contributed by atoms with E-state index in [9.17, 15) is 10.1 Å². The summed E-state index contributed by atoms with van der Waals surface area (Å²) in [5.74, 6) is 0.228. The Morgan fingerprint density at radius 1 is 1.39 bits per heavy atom. The van der Waals surface area contributed by atoms with Crippen LogP contribution in [0.1, 0.15) is 22.3 Å². The third kappa shape index (κ3) is 3.47. The van der Waals surface area contributed by atoms with Crippen molar-refractivity contribution in [1.82, 2.24) is 4.98 Å². The number of pyridine rings is 1. The van der Waals surface area contributed by atoms with Crippen molar-refractivity contribution in [3.63, 3.8) is 0 Å². The Morgan fingerprint density at radius 2 is 2.22 bits per heavy atom. The highest BCUT2D eigenvalue weighted by atomic mass is 16.5. The van der Waals surface area contributed by atoms with Crippen molar-refractivity contribution in [2.24, 2.45) is 0 Å². The Morgan fingerprint density at radius 3 is 3.00 bits per heavy atom. The van der Waals surface area contributed by atoms with Gasteiger partial charge in [-0.15, -0.1) is 0 Å². The van der Waals surface area contributed by atoms with Gasteiger partial charge in [0.25, 0.3) is 0 Å². The van der Waals surface area contributed by atoms with Crippen LogP contribution < -0.4 is 5.32 Å². The van der Waals surface area contributed by atoms with Crippen LogP contribution in [0.15, 0.2) is 36.5 Å². The molecule has 1 aliphatic heterocycles. The second-order valence-electron chi connectivity index (χ2n) is 5.09. The van der Waals surface area contributed by atoms with E-state index >= 15 is 0 Å². The van der Waals surface area contributed by atoms with Crippen molar-refractivity contribution in [3.05, 3.63) is 58.8 Å². The summed E-state index contributed by atoms with van der Waals surface area (Å²) in [5.41, 5.74) is 3.03. The molecule has 6 heteroatoms. The molecule has 0 aliphatic carbocycles. The topological polar surface area (TPSA) is 84.2 Å². The first-order chi connectivity index (χ1) is 11.3. The fourth-order valence-corrected chi connectivity index (χ4v) is 2.43. The van der Waals surface area contributed by atoms with Crippen LogP contribution in [0.3, 0.4) is 0 Å². The second-order valence-corrected chi connectivity index (χ2v) is 5.09. The van der Waals surface area contributed by atoms with Crippen LogP contribution in [0.4, 0.5) is 10.6 Å². The van der Waals surface area contributed by atoms with E-state index < -0.39 is 6.09 Å². The van der Waals surface area contributed by atoms with Crippen molar-refractivity contribution in [1.29, 1.82) is 5.26 Å². The molecular weight excluding hydrogens is 294 g/mol. The third-order valence-corrected chi connectivity index (χ3v) is 3.57. The summed E-state index contributed by atoms with van der Waals surface area (Å²) in [4.78, 5) is 16.1. The number of hydrogen-bond donors (Lipinski definition) is 1. The molecule has 0 saturated heterocycles. The molecule has 1 aromatic heterocycles. The van der Waals surface area contributed by atoms with Crippen LogP contribution in [0.2, 0.25) is 0 Å². The number of benzene rings is 1. The van der Waals surface area contributed by atoms with Crippen molar-refractivity contribution >= 4 is 11.9 Å². The zero-order chi connectivity index (χ0) is 16.1. The molecule has 0 spiro atoms. The number of carbonyl (C=O) groups is 1. The summed E-state index contributed by atoms with van der Waals surface area (Å²) in [6.45, 7) is 1.16. The van der Waals surface area contributed by atoms with Gasteiger partial charge in [-0.1, -0.05) is 30.3 Å². The lowest BCUT2D eigenvalue weighted by Crippen LogP contribution is -2.18. The number of hydrogen-bond acceptors (Lipinski definition) is 5. The van der Waals surface area contributed by atoms with E-state index in [-0.39, 0.29) is 12.4 Å². The quantitative estimate of drug-likeness (QED) is 0.942. The maximum Gasteiger partial charge on any atom is 0.413 e. The number of nitriles is 1. The molecule has 0 bridgehead atoms. The number of rotatable bonds is 3. The Labute approximate surface area is 133 Å². The minimum absolute atomic E-state index is 0.160. The van der Waals surface area contributed by atoms with E-state index in [0.29, 0.717) is 25.2 Å². The summed E-state index contributed by atoms with van der Waals surface area (Å²) >= 11 is 0. The zero-order valence-electron chi connectivity index (χ0n) is 12.4. The van der Waals surface area contributed by atoms with Gasteiger partial charge in [-0.05, 0) is 17.5 Å². The number of nitrogens with one attached hydrogen (secondary N) is 1. The van der Waals surface area contributed by atoms with E-state index in [1.54, 1.807) is 6.20 Å². The highest BCUT2D eigenvalue weighted by Crippen LogP contribution is 2.24. The van der Waals surface area contributed by atoms with Crippen LogP contribution in [-0.4, -0.2) is 17.7 Å². The van der Waals surface area contributed by atoms with Crippen LogP contribution in [0.25, 0.3) is 0 Å². The summed E-state index contributed by atoms with van der Waals surface area (Å²) in [7, 11) is 0. The summed E-state index contributed by atoms with van der Waals surface area (Å²) in [5, 5.41) is 11.9. The maximum atomic E-state index is 11.9. The van der Waals surface area contributed by atoms with Crippen molar-refractivity contribution in [2.45, 2.75) is 19.6 Å². The SMILES string of the molecule is N#Cc1c(NC(=O)OCc2ccccc2)ncc2c1CCOC2. The van der Waals surface area contributed by atoms with Crippen LogP contribution in [-0.2, 0) is 29.1 Å². The Balaban J connectivity index is 1.70. The summed E-state index contributed by atoms with van der Waals surface area (Å²) in [6.07, 6.45) is 1.63. The van der Waals surface area contributed by atoms with Crippen LogP contribution in [0, 0.1) is 11.3 Å². The molecular formula is C17H15N3O3. The molecule has 23 heavy (non-hydrogen) atoms. The highest BCUT2D eigenvalue weighted by Gasteiger charge is 2.19. The molecule has 1 N–H and O–H groups in total. The van der Waals surface area contributed by atoms with E-state index in [2.05, 4.69) is 16.4 Å². The van der Waals surface area contributed by atoms with E-state index in [1.165, 1.54) is 0 Å². The minimum Gasteiger partial charge on any atom is -0.444 e. The molecule has 116 valence electrons. The smallest absolute Gasteiger partial charge is 0.413 e. The molecule has 0 atom stereocenters.